The van der Waals surface area contributed by atoms with Crippen LogP contribution in [0.1, 0.15) is 25.8 Å². The van der Waals surface area contributed by atoms with Gasteiger partial charge in [0.1, 0.15) is 11.5 Å². The van der Waals surface area contributed by atoms with Gasteiger partial charge in [-0.25, -0.2) is 0 Å². The highest BCUT2D eigenvalue weighted by Gasteiger charge is 2.21. The molecule has 0 saturated carbocycles. The number of carbonyl (C=O) groups is 1. The predicted octanol–water partition coefficient (Wildman–Crippen LogP) is 3.83. The van der Waals surface area contributed by atoms with Crippen LogP contribution in [0.25, 0.3) is 0 Å². The lowest BCUT2D eigenvalue weighted by molar-refractivity contribution is -0.135. The van der Waals surface area contributed by atoms with E-state index in [1.807, 2.05) is 35.2 Å². The van der Waals surface area contributed by atoms with Crippen LogP contribution in [0.3, 0.4) is 0 Å². The molecule has 0 atom stereocenters. The van der Waals surface area contributed by atoms with Crippen LogP contribution >= 0.6 is 0 Å². The summed E-state index contributed by atoms with van der Waals surface area (Å²) >= 11 is 0. The van der Waals surface area contributed by atoms with Gasteiger partial charge in [-0.15, -0.1) is 0 Å². The first kappa shape index (κ1) is 21.2. The van der Waals surface area contributed by atoms with E-state index in [2.05, 4.69) is 43.0 Å². The molecular weight excluding hydrogens is 364 g/mol. The van der Waals surface area contributed by atoms with E-state index in [1.54, 1.807) is 0 Å². The maximum Gasteiger partial charge on any atom is 0.260 e. The van der Waals surface area contributed by atoms with Crippen molar-refractivity contribution in [3.8, 4) is 11.5 Å². The van der Waals surface area contributed by atoms with Gasteiger partial charge >= 0.3 is 0 Å². The zero-order valence-corrected chi connectivity index (χ0v) is 17.5. The summed E-state index contributed by atoms with van der Waals surface area (Å²) in [4.78, 5) is 16.7. The van der Waals surface area contributed by atoms with Gasteiger partial charge in [0.05, 0.1) is 6.61 Å². The summed E-state index contributed by atoms with van der Waals surface area (Å²) in [6.45, 7) is 9.37. The molecule has 0 radical (unpaired) electrons. The third kappa shape index (κ3) is 7.09. The molecule has 0 N–H and O–H groups in total. The standard InChI is InChI=1S/C24H32N2O3/c1-20(2)12-17-28-22-8-10-23(11-9-22)29-19-24(27)26-15-13-25(14-16-26)18-21-6-4-3-5-7-21/h3-11,20H,12-19H2,1-2H3. The van der Waals surface area contributed by atoms with E-state index in [0.29, 0.717) is 18.3 Å². The number of amides is 1. The van der Waals surface area contributed by atoms with Crippen molar-refractivity contribution in [3.63, 3.8) is 0 Å². The van der Waals surface area contributed by atoms with Crippen molar-refractivity contribution >= 4 is 5.91 Å². The molecule has 0 bridgehead atoms. The molecule has 1 heterocycles. The van der Waals surface area contributed by atoms with Crippen molar-refractivity contribution in [2.45, 2.75) is 26.8 Å². The van der Waals surface area contributed by atoms with E-state index in [0.717, 1.165) is 44.9 Å². The summed E-state index contributed by atoms with van der Waals surface area (Å²) in [5, 5.41) is 0. The van der Waals surface area contributed by atoms with Gasteiger partial charge in [-0.3, -0.25) is 9.69 Å². The van der Waals surface area contributed by atoms with E-state index in [4.69, 9.17) is 9.47 Å². The Morgan fingerprint density at radius 2 is 1.52 bits per heavy atom. The average Bonchev–Trinajstić information content (AvgIpc) is 2.74. The van der Waals surface area contributed by atoms with E-state index in [9.17, 15) is 4.79 Å². The van der Waals surface area contributed by atoms with E-state index in [-0.39, 0.29) is 12.5 Å². The molecule has 3 rings (SSSR count). The van der Waals surface area contributed by atoms with Crippen molar-refractivity contribution in [1.29, 1.82) is 0 Å². The maximum absolute atomic E-state index is 12.5. The minimum absolute atomic E-state index is 0.0432. The Morgan fingerprint density at radius 3 is 2.14 bits per heavy atom. The summed E-state index contributed by atoms with van der Waals surface area (Å²) < 4.78 is 11.4. The first-order valence-corrected chi connectivity index (χ1v) is 10.5. The Labute approximate surface area is 174 Å². The zero-order chi connectivity index (χ0) is 20.5. The molecule has 0 aliphatic carbocycles. The number of carbonyl (C=O) groups excluding carboxylic acids is 1. The second kappa shape index (κ2) is 10.9. The van der Waals surface area contributed by atoms with Crippen LogP contribution in [0, 0.1) is 5.92 Å². The number of nitrogens with zero attached hydrogens (tertiary/aromatic N) is 2. The highest BCUT2D eigenvalue weighted by Crippen LogP contribution is 2.18. The smallest absolute Gasteiger partial charge is 0.260 e. The largest absolute Gasteiger partial charge is 0.494 e. The lowest BCUT2D eigenvalue weighted by Gasteiger charge is -2.34. The first-order valence-electron chi connectivity index (χ1n) is 10.5. The van der Waals surface area contributed by atoms with Crippen LogP contribution in [0.4, 0.5) is 0 Å². The summed E-state index contributed by atoms with van der Waals surface area (Å²) in [5.74, 6) is 2.20. The Kier molecular flexibility index (Phi) is 7.94. The highest BCUT2D eigenvalue weighted by atomic mass is 16.5. The fraction of sp³-hybridized carbons (Fsp3) is 0.458. The van der Waals surface area contributed by atoms with Crippen molar-refractivity contribution < 1.29 is 14.3 Å². The predicted molar refractivity (Wildman–Crippen MR) is 115 cm³/mol. The second-order valence-corrected chi connectivity index (χ2v) is 7.93. The van der Waals surface area contributed by atoms with Crippen LogP contribution in [0.5, 0.6) is 11.5 Å². The van der Waals surface area contributed by atoms with Crippen LogP contribution in [-0.4, -0.2) is 55.1 Å². The molecule has 1 aliphatic rings. The normalized spacial score (nSPS) is 14.8. The van der Waals surface area contributed by atoms with Crippen molar-refractivity contribution in [2.75, 3.05) is 39.4 Å². The Bertz CT molecular complexity index is 738. The Morgan fingerprint density at radius 1 is 0.897 bits per heavy atom. The molecule has 1 saturated heterocycles. The number of benzene rings is 2. The molecule has 1 amide bonds. The lowest BCUT2D eigenvalue weighted by atomic mass is 10.1. The SMILES string of the molecule is CC(C)CCOc1ccc(OCC(=O)N2CCN(Cc3ccccc3)CC2)cc1. The molecule has 0 spiro atoms. The molecule has 156 valence electrons. The molecule has 1 aliphatic heterocycles. The number of piperazine rings is 1. The Balaban J connectivity index is 1.36. The summed E-state index contributed by atoms with van der Waals surface area (Å²) in [5.41, 5.74) is 1.31. The van der Waals surface area contributed by atoms with Gasteiger partial charge in [-0.05, 0) is 42.2 Å². The fourth-order valence-corrected chi connectivity index (χ4v) is 3.28. The van der Waals surface area contributed by atoms with Gasteiger partial charge in [0.2, 0.25) is 0 Å². The highest BCUT2D eigenvalue weighted by molar-refractivity contribution is 5.77. The molecule has 2 aromatic carbocycles. The van der Waals surface area contributed by atoms with Crippen LogP contribution in [-0.2, 0) is 11.3 Å². The molecular formula is C24H32N2O3. The van der Waals surface area contributed by atoms with Crippen molar-refractivity contribution in [2.24, 2.45) is 5.92 Å². The quantitative estimate of drug-likeness (QED) is 0.646. The Hall–Kier alpha value is -2.53. The summed E-state index contributed by atoms with van der Waals surface area (Å²) in [7, 11) is 0. The number of rotatable bonds is 9. The maximum atomic E-state index is 12.5. The van der Waals surface area contributed by atoms with E-state index >= 15 is 0 Å². The van der Waals surface area contributed by atoms with Gasteiger partial charge in [0, 0.05) is 32.7 Å². The number of ether oxygens (including phenoxy) is 2. The van der Waals surface area contributed by atoms with Crippen LogP contribution in [0.15, 0.2) is 54.6 Å². The van der Waals surface area contributed by atoms with Gasteiger partial charge in [-0.2, -0.15) is 0 Å². The first-order chi connectivity index (χ1) is 14.1. The van der Waals surface area contributed by atoms with E-state index < -0.39 is 0 Å². The molecule has 1 fully saturated rings. The minimum Gasteiger partial charge on any atom is -0.494 e. The van der Waals surface area contributed by atoms with Gasteiger partial charge in [-0.1, -0.05) is 44.2 Å². The molecule has 29 heavy (non-hydrogen) atoms. The molecule has 5 heteroatoms. The third-order valence-electron chi connectivity index (χ3n) is 5.12. The van der Waals surface area contributed by atoms with Crippen molar-refractivity contribution in [1.82, 2.24) is 9.80 Å². The van der Waals surface area contributed by atoms with Gasteiger partial charge in [0.25, 0.3) is 5.91 Å². The lowest BCUT2D eigenvalue weighted by Crippen LogP contribution is -2.49. The minimum atomic E-state index is 0.0432. The van der Waals surface area contributed by atoms with Gasteiger partial charge < -0.3 is 14.4 Å². The fourth-order valence-electron chi connectivity index (χ4n) is 3.28. The second-order valence-electron chi connectivity index (χ2n) is 7.93. The number of hydrogen-bond donors (Lipinski definition) is 0. The molecule has 2 aromatic rings. The van der Waals surface area contributed by atoms with Crippen LogP contribution < -0.4 is 9.47 Å². The molecule has 0 unspecified atom stereocenters. The topological polar surface area (TPSA) is 42.0 Å². The summed E-state index contributed by atoms with van der Waals surface area (Å²) in [6.07, 6.45) is 1.03. The van der Waals surface area contributed by atoms with Crippen LogP contribution in [0.2, 0.25) is 0 Å². The summed E-state index contributed by atoms with van der Waals surface area (Å²) in [6, 6.07) is 18.0. The molecule has 0 aromatic heterocycles. The monoisotopic (exact) mass is 396 g/mol. The average molecular weight is 397 g/mol. The zero-order valence-electron chi connectivity index (χ0n) is 17.5. The molecule has 5 nitrogen and oxygen atoms in total. The third-order valence-corrected chi connectivity index (χ3v) is 5.12. The number of hydrogen-bond acceptors (Lipinski definition) is 4. The van der Waals surface area contributed by atoms with Crippen molar-refractivity contribution in [3.05, 3.63) is 60.2 Å². The van der Waals surface area contributed by atoms with E-state index in [1.165, 1.54) is 5.56 Å². The van der Waals surface area contributed by atoms with Gasteiger partial charge in [0.15, 0.2) is 6.61 Å².